The van der Waals surface area contributed by atoms with Crippen LogP contribution in [0, 0.1) is 0 Å². The number of aromatic nitrogens is 5. The lowest BCUT2D eigenvalue weighted by molar-refractivity contribution is 0.203. The van der Waals surface area contributed by atoms with E-state index in [1.54, 1.807) is 22.7 Å². The summed E-state index contributed by atoms with van der Waals surface area (Å²) in [5.41, 5.74) is 11.8. The van der Waals surface area contributed by atoms with Crippen LogP contribution in [0.15, 0.2) is 41.4 Å². The first-order valence-electron chi connectivity index (χ1n) is 12.8. The van der Waals surface area contributed by atoms with Crippen LogP contribution in [0.3, 0.4) is 0 Å². The first-order valence-corrected chi connectivity index (χ1v) is 14.5. The van der Waals surface area contributed by atoms with Gasteiger partial charge in [0.15, 0.2) is 5.82 Å². The summed E-state index contributed by atoms with van der Waals surface area (Å²) in [5.74, 6) is 2.24. The van der Waals surface area contributed by atoms with Crippen LogP contribution >= 0.6 is 22.7 Å². The lowest BCUT2D eigenvalue weighted by atomic mass is 9.90. The smallest absolute Gasteiger partial charge is 0.152 e. The predicted octanol–water partition coefficient (Wildman–Crippen LogP) is 5.85. The monoisotopic (exact) mass is 517 g/mol. The van der Waals surface area contributed by atoms with E-state index in [0.717, 1.165) is 77.5 Å². The van der Waals surface area contributed by atoms with Crippen LogP contribution in [0.25, 0.3) is 21.3 Å². The zero-order valence-electron chi connectivity index (χ0n) is 20.6. The van der Waals surface area contributed by atoms with E-state index in [-0.39, 0.29) is 0 Å². The van der Waals surface area contributed by atoms with Crippen LogP contribution in [-0.2, 0) is 19.5 Å². The van der Waals surface area contributed by atoms with Gasteiger partial charge < -0.3 is 10.3 Å². The molecule has 1 saturated heterocycles. The number of nitrogen functional groups attached to an aromatic ring is 1. The van der Waals surface area contributed by atoms with Gasteiger partial charge >= 0.3 is 0 Å². The molecule has 5 aromatic rings. The first-order chi connectivity index (χ1) is 17.7. The van der Waals surface area contributed by atoms with E-state index >= 15 is 0 Å². The van der Waals surface area contributed by atoms with Gasteiger partial charge in [0.2, 0.25) is 0 Å². The van der Waals surface area contributed by atoms with Gasteiger partial charge in [0, 0.05) is 30.7 Å². The van der Waals surface area contributed by atoms with Crippen molar-refractivity contribution in [3.63, 3.8) is 0 Å². The van der Waals surface area contributed by atoms with E-state index in [2.05, 4.69) is 49.3 Å². The van der Waals surface area contributed by atoms with Crippen molar-refractivity contribution in [3.8, 4) is 0 Å². The highest BCUT2D eigenvalue weighted by atomic mass is 32.1. The number of nitrogens with two attached hydrogens (primary N) is 1. The maximum atomic E-state index is 6.34. The molecule has 0 spiro atoms. The van der Waals surface area contributed by atoms with Crippen LogP contribution in [0.5, 0.6) is 0 Å². The maximum absolute atomic E-state index is 6.34. The van der Waals surface area contributed by atoms with Crippen molar-refractivity contribution in [1.82, 2.24) is 29.4 Å². The summed E-state index contributed by atoms with van der Waals surface area (Å²) in [5, 5.41) is 5.43. The zero-order valence-corrected chi connectivity index (χ0v) is 22.2. The van der Waals surface area contributed by atoms with E-state index in [4.69, 9.17) is 15.7 Å². The molecule has 0 radical (unpaired) electrons. The lowest BCUT2D eigenvalue weighted by Gasteiger charge is -2.31. The van der Waals surface area contributed by atoms with Gasteiger partial charge in [-0.2, -0.15) is 0 Å². The number of rotatable bonds is 8. The van der Waals surface area contributed by atoms with E-state index < -0.39 is 0 Å². The minimum absolute atomic E-state index is 0.516. The van der Waals surface area contributed by atoms with Gasteiger partial charge in [-0.15, -0.1) is 22.7 Å². The molecule has 0 atom stereocenters. The SMILES string of the molecule is CCCCc1nc2c(N)nc3ccsc3c2n1Cc1nc(CN2CCC(c3ccncc3)CC2)cs1. The summed E-state index contributed by atoms with van der Waals surface area (Å²) in [6.07, 6.45) is 9.35. The molecule has 0 amide bonds. The summed E-state index contributed by atoms with van der Waals surface area (Å²) in [6.45, 7) is 6.07. The van der Waals surface area contributed by atoms with Gasteiger partial charge in [0.25, 0.3) is 0 Å². The second-order valence-corrected chi connectivity index (χ2v) is 11.5. The molecule has 6 heterocycles. The number of nitrogens with zero attached hydrogens (tertiary/aromatic N) is 6. The maximum Gasteiger partial charge on any atom is 0.152 e. The van der Waals surface area contributed by atoms with Crippen molar-refractivity contribution in [1.29, 1.82) is 0 Å². The molecule has 0 aromatic carbocycles. The first kappa shape index (κ1) is 23.5. The summed E-state index contributed by atoms with van der Waals surface area (Å²) >= 11 is 3.46. The molecule has 0 saturated carbocycles. The van der Waals surface area contributed by atoms with Gasteiger partial charge in [0.1, 0.15) is 16.3 Å². The molecule has 36 heavy (non-hydrogen) atoms. The average Bonchev–Trinajstić information content (AvgIpc) is 3.63. The van der Waals surface area contributed by atoms with Crippen molar-refractivity contribution < 1.29 is 0 Å². The predicted molar refractivity (Wildman–Crippen MR) is 149 cm³/mol. The van der Waals surface area contributed by atoms with Crippen molar-refractivity contribution in [2.24, 2.45) is 0 Å². The molecule has 0 bridgehead atoms. The van der Waals surface area contributed by atoms with E-state index in [1.807, 2.05) is 18.5 Å². The molecule has 1 aliphatic rings. The summed E-state index contributed by atoms with van der Waals surface area (Å²) in [7, 11) is 0. The Morgan fingerprint density at radius 2 is 1.86 bits per heavy atom. The van der Waals surface area contributed by atoms with Crippen LogP contribution in [0.1, 0.15) is 60.6 Å². The summed E-state index contributed by atoms with van der Waals surface area (Å²) in [4.78, 5) is 21.3. The molecule has 9 heteroatoms. The third-order valence-electron chi connectivity index (χ3n) is 7.19. The number of hydrogen-bond acceptors (Lipinski definition) is 8. The Morgan fingerprint density at radius 3 is 2.67 bits per heavy atom. The van der Waals surface area contributed by atoms with Crippen LogP contribution in [0.2, 0.25) is 0 Å². The number of imidazole rings is 1. The zero-order chi connectivity index (χ0) is 24.5. The van der Waals surface area contributed by atoms with Gasteiger partial charge in [0.05, 0.1) is 28.0 Å². The minimum atomic E-state index is 0.516. The normalized spacial score (nSPS) is 15.4. The number of anilines is 1. The Morgan fingerprint density at radius 1 is 1.03 bits per heavy atom. The fourth-order valence-corrected chi connectivity index (χ4v) is 6.93. The van der Waals surface area contributed by atoms with E-state index in [0.29, 0.717) is 11.7 Å². The fraction of sp³-hybridized carbons (Fsp3) is 0.407. The molecule has 6 rings (SSSR count). The van der Waals surface area contributed by atoms with Crippen LogP contribution in [-0.4, -0.2) is 42.5 Å². The molecule has 2 N–H and O–H groups in total. The Balaban J connectivity index is 1.20. The Bertz CT molecular complexity index is 1460. The quantitative estimate of drug-likeness (QED) is 0.278. The number of fused-ring (bicyclic) bond motifs is 3. The van der Waals surface area contributed by atoms with Gasteiger partial charge in [-0.1, -0.05) is 13.3 Å². The number of pyridine rings is 2. The molecule has 186 valence electrons. The number of piperidine rings is 1. The molecule has 0 aliphatic carbocycles. The second-order valence-electron chi connectivity index (χ2n) is 9.61. The van der Waals surface area contributed by atoms with Gasteiger partial charge in [-0.3, -0.25) is 9.88 Å². The number of thiazole rings is 1. The Kier molecular flexibility index (Phi) is 6.69. The average molecular weight is 518 g/mol. The number of likely N-dealkylation sites (tertiary alicyclic amines) is 1. The standard InChI is InChI=1S/C27H31N7S2/c1-2-3-4-22-32-24-25(26-21(9-14-35-26)31-27(24)28)34(22)16-23-30-20(17-36-23)15-33-12-7-19(8-13-33)18-5-10-29-11-6-18/h5-6,9-11,14,17,19H,2-4,7-8,12-13,15-16H2,1H3,(H2,28,31). The third-order valence-corrected chi connectivity index (χ3v) is 8.98. The largest absolute Gasteiger partial charge is 0.382 e. The summed E-state index contributed by atoms with van der Waals surface area (Å²) in [6, 6.07) is 6.36. The molecular weight excluding hydrogens is 486 g/mol. The molecule has 5 aromatic heterocycles. The molecule has 0 unspecified atom stereocenters. The van der Waals surface area contributed by atoms with E-state index in [1.165, 1.54) is 24.1 Å². The number of aryl methyl sites for hydroxylation is 1. The van der Waals surface area contributed by atoms with Gasteiger partial charge in [-0.05, 0) is 67.4 Å². The van der Waals surface area contributed by atoms with Crippen molar-refractivity contribution in [2.75, 3.05) is 18.8 Å². The molecule has 7 nitrogen and oxygen atoms in total. The highest BCUT2D eigenvalue weighted by Gasteiger charge is 2.22. The Labute approximate surface area is 219 Å². The van der Waals surface area contributed by atoms with Crippen molar-refractivity contribution in [2.45, 2.75) is 58.0 Å². The number of hydrogen-bond donors (Lipinski definition) is 1. The van der Waals surface area contributed by atoms with Gasteiger partial charge in [-0.25, -0.2) is 15.0 Å². The van der Waals surface area contributed by atoms with E-state index in [9.17, 15) is 0 Å². The highest BCUT2D eigenvalue weighted by molar-refractivity contribution is 7.18. The molecule has 1 fully saturated rings. The fourth-order valence-electron chi connectivity index (χ4n) is 5.27. The van der Waals surface area contributed by atoms with Crippen molar-refractivity contribution in [3.05, 3.63) is 63.4 Å². The topological polar surface area (TPSA) is 85.8 Å². The number of unbranched alkanes of at least 4 members (excludes halogenated alkanes) is 1. The van der Waals surface area contributed by atoms with Crippen LogP contribution in [0.4, 0.5) is 5.82 Å². The minimum Gasteiger partial charge on any atom is -0.382 e. The van der Waals surface area contributed by atoms with Crippen LogP contribution < -0.4 is 5.73 Å². The van der Waals surface area contributed by atoms with Crippen molar-refractivity contribution >= 4 is 49.7 Å². The Hall–Kier alpha value is -2.88. The molecule has 1 aliphatic heterocycles. The second kappa shape index (κ2) is 10.2. The third kappa shape index (κ3) is 4.63. The lowest BCUT2D eigenvalue weighted by Crippen LogP contribution is -2.32. The molecular formula is C27H31N7S2. The summed E-state index contributed by atoms with van der Waals surface area (Å²) < 4.78 is 3.49. The number of thiophene rings is 1. The highest BCUT2D eigenvalue weighted by Crippen LogP contribution is 2.33.